The Labute approximate surface area is 189 Å². The van der Waals surface area contributed by atoms with Crippen molar-refractivity contribution < 1.29 is 13.2 Å². The summed E-state index contributed by atoms with van der Waals surface area (Å²) in [4.78, 5) is 30.2. The van der Waals surface area contributed by atoms with Crippen molar-refractivity contribution in [3.8, 4) is 0 Å². The van der Waals surface area contributed by atoms with Crippen LogP contribution in [0.3, 0.4) is 0 Å². The molecular formula is C23H32N4O4S. The van der Waals surface area contributed by atoms with Crippen LogP contribution in [0.1, 0.15) is 55.3 Å². The molecule has 0 aliphatic carbocycles. The van der Waals surface area contributed by atoms with E-state index in [1.54, 1.807) is 6.07 Å². The highest BCUT2D eigenvalue weighted by Gasteiger charge is 2.26. The predicted octanol–water partition coefficient (Wildman–Crippen LogP) is 2.31. The topological polar surface area (TPSA) is 103 Å². The van der Waals surface area contributed by atoms with E-state index >= 15 is 0 Å². The van der Waals surface area contributed by atoms with Crippen LogP contribution in [0.4, 0.5) is 0 Å². The second-order valence-corrected chi connectivity index (χ2v) is 10.7. The minimum absolute atomic E-state index is 0.155. The van der Waals surface area contributed by atoms with Crippen molar-refractivity contribution in [1.29, 1.82) is 0 Å². The maximum absolute atomic E-state index is 13.2. The van der Waals surface area contributed by atoms with Gasteiger partial charge in [0.25, 0.3) is 5.91 Å². The van der Waals surface area contributed by atoms with Crippen molar-refractivity contribution >= 4 is 26.8 Å². The second-order valence-electron chi connectivity index (χ2n) is 8.73. The number of nitrogens with zero attached hydrogens (tertiary/aromatic N) is 2. The SMILES string of the molecule is O=C(NCCCN1CCCC1)c1cc(=O)[nH]c2ccc(S(=O)(=O)N3CCCCCC3)cc12. The quantitative estimate of drug-likeness (QED) is 0.618. The maximum atomic E-state index is 13.2. The molecule has 0 radical (unpaired) electrons. The molecule has 3 heterocycles. The number of hydrogen-bond donors (Lipinski definition) is 2. The van der Waals surface area contributed by atoms with Gasteiger partial charge in [0.2, 0.25) is 15.6 Å². The highest BCUT2D eigenvalue weighted by molar-refractivity contribution is 7.89. The predicted molar refractivity (Wildman–Crippen MR) is 124 cm³/mol. The van der Waals surface area contributed by atoms with E-state index in [-0.39, 0.29) is 21.9 Å². The molecule has 174 valence electrons. The Morgan fingerprint density at radius 1 is 0.969 bits per heavy atom. The summed E-state index contributed by atoms with van der Waals surface area (Å²) in [7, 11) is -3.66. The molecule has 2 fully saturated rings. The number of aromatic nitrogens is 1. The molecule has 0 unspecified atom stereocenters. The van der Waals surface area contributed by atoms with Gasteiger partial charge in [0.15, 0.2) is 0 Å². The third kappa shape index (κ3) is 5.22. The Hall–Kier alpha value is -2.23. The van der Waals surface area contributed by atoms with E-state index in [1.165, 1.54) is 35.3 Å². The fourth-order valence-electron chi connectivity index (χ4n) is 4.62. The Morgan fingerprint density at radius 2 is 1.66 bits per heavy atom. The van der Waals surface area contributed by atoms with Crippen LogP contribution in [0, 0.1) is 0 Å². The number of carbonyl (C=O) groups excluding carboxylic acids is 1. The van der Waals surface area contributed by atoms with Crippen LogP contribution in [0.5, 0.6) is 0 Å². The van der Waals surface area contributed by atoms with Crippen molar-refractivity contribution in [3.63, 3.8) is 0 Å². The van der Waals surface area contributed by atoms with Crippen LogP contribution < -0.4 is 10.9 Å². The highest BCUT2D eigenvalue weighted by atomic mass is 32.2. The summed E-state index contributed by atoms with van der Waals surface area (Å²) >= 11 is 0. The molecule has 1 aromatic carbocycles. The van der Waals surface area contributed by atoms with Gasteiger partial charge < -0.3 is 15.2 Å². The van der Waals surface area contributed by atoms with Gasteiger partial charge >= 0.3 is 0 Å². The van der Waals surface area contributed by atoms with Gasteiger partial charge in [-0.15, -0.1) is 0 Å². The lowest BCUT2D eigenvalue weighted by molar-refractivity contribution is 0.0953. The minimum atomic E-state index is -3.66. The van der Waals surface area contributed by atoms with E-state index in [0.717, 1.165) is 51.7 Å². The highest BCUT2D eigenvalue weighted by Crippen LogP contribution is 2.25. The minimum Gasteiger partial charge on any atom is -0.352 e. The zero-order valence-corrected chi connectivity index (χ0v) is 19.3. The smallest absolute Gasteiger partial charge is 0.252 e. The molecule has 32 heavy (non-hydrogen) atoms. The number of pyridine rings is 1. The van der Waals surface area contributed by atoms with Gasteiger partial charge in [-0.2, -0.15) is 4.31 Å². The van der Waals surface area contributed by atoms with Crippen LogP contribution in [0.25, 0.3) is 10.9 Å². The molecule has 1 amide bonds. The molecule has 2 aliphatic rings. The Balaban J connectivity index is 1.55. The molecule has 2 aromatic rings. The van der Waals surface area contributed by atoms with Gasteiger partial charge in [0, 0.05) is 36.6 Å². The fourth-order valence-corrected chi connectivity index (χ4v) is 6.16. The Morgan fingerprint density at radius 3 is 2.38 bits per heavy atom. The lowest BCUT2D eigenvalue weighted by atomic mass is 10.1. The third-order valence-electron chi connectivity index (χ3n) is 6.40. The number of carbonyl (C=O) groups is 1. The lowest BCUT2D eigenvalue weighted by Crippen LogP contribution is -2.32. The second kappa shape index (κ2) is 10.1. The van der Waals surface area contributed by atoms with Crippen molar-refractivity contribution in [2.24, 2.45) is 0 Å². The van der Waals surface area contributed by atoms with Gasteiger partial charge in [-0.25, -0.2) is 8.42 Å². The molecule has 0 atom stereocenters. The zero-order valence-electron chi connectivity index (χ0n) is 18.4. The monoisotopic (exact) mass is 460 g/mol. The summed E-state index contributed by atoms with van der Waals surface area (Å²) in [5, 5.41) is 3.34. The number of rotatable bonds is 7. The maximum Gasteiger partial charge on any atom is 0.252 e. The number of nitrogens with one attached hydrogen (secondary N) is 2. The number of sulfonamides is 1. The molecule has 2 saturated heterocycles. The summed E-state index contributed by atoms with van der Waals surface area (Å²) in [6.45, 7) is 4.69. The van der Waals surface area contributed by atoms with Crippen molar-refractivity contribution in [3.05, 3.63) is 40.2 Å². The summed E-state index contributed by atoms with van der Waals surface area (Å²) in [5.74, 6) is -0.355. The van der Waals surface area contributed by atoms with E-state index < -0.39 is 10.0 Å². The first-order chi connectivity index (χ1) is 15.4. The number of fused-ring (bicyclic) bond motifs is 1. The Bertz CT molecular complexity index is 1110. The summed E-state index contributed by atoms with van der Waals surface area (Å²) in [5.41, 5.74) is 0.273. The van der Waals surface area contributed by atoms with E-state index in [2.05, 4.69) is 15.2 Å². The van der Waals surface area contributed by atoms with Gasteiger partial charge in [-0.05, 0) is 69.9 Å². The molecule has 2 N–H and O–H groups in total. The van der Waals surface area contributed by atoms with Crippen molar-refractivity contribution in [2.75, 3.05) is 39.3 Å². The van der Waals surface area contributed by atoms with Gasteiger partial charge in [0.1, 0.15) is 0 Å². The van der Waals surface area contributed by atoms with Gasteiger partial charge in [-0.3, -0.25) is 9.59 Å². The molecule has 9 heteroatoms. The van der Waals surface area contributed by atoms with Crippen LogP contribution in [0.2, 0.25) is 0 Å². The average Bonchev–Trinajstić information content (AvgIpc) is 3.14. The molecular weight excluding hydrogens is 428 g/mol. The first-order valence-corrected chi connectivity index (χ1v) is 13.1. The number of H-pyrrole nitrogens is 1. The van der Waals surface area contributed by atoms with E-state index in [9.17, 15) is 18.0 Å². The van der Waals surface area contributed by atoms with Crippen LogP contribution >= 0.6 is 0 Å². The molecule has 1 aromatic heterocycles. The van der Waals surface area contributed by atoms with E-state index in [0.29, 0.717) is 30.5 Å². The third-order valence-corrected chi connectivity index (χ3v) is 8.29. The molecule has 8 nitrogen and oxygen atoms in total. The fraction of sp³-hybridized carbons (Fsp3) is 0.565. The number of likely N-dealkylation sites (tertiary alicyclic amines) is 1. The van der Waals surface area contributed by atoms with Gasteiger partial charge in [-0.1, -0.05) is 12.8 Å². The zero-order chi connectivity index (χ0) is 22.6. The van der Waals surface area contributed by atoms with Crippen molar-refractivity contribution in [1.82, 2.24) is 19.5 Å². The summed E-state index contributed by atoms with van der Waals surface area (Å²) in [6.07, 6.45) is 7.07. The first-order valence-electron chi connectivity index (χ1n) is 11.6. The molecule has 0 spiro atoms. The molecule has 0 saturated carbocycles. The normalized spacial score (nSPS) is 18.6. The Kier molecular flexibility index (Phi) is 7.27. The molecule has 4 rings (SSSR count). The number of aromatic amines is 1. The lowest BCUT2D eigenvalue weighted by Gasteiger charge is -2.20. The van der Waals surface area contributed by atoms with Gasteiger partial charge in [0.05, 0.1) is 10.5 Å². The largest absolute Gasteiger partial charge is 0.352 e. The molecule has 0 bridgehead atoms. The summed E-state index contributed by atoms with van der Waals surface area (Å²) < 4.78 is 28.0. The van der Waals surface area contributed by atoms with Crippen LogP contribution in [0.15, 0.2) is 34.0 Å². The van der Waals surface area contributed by atoms with E-state index in [1.807, 2.05) is 0 Å². The van der Waals surface area contributed by atoms with E-state index in [4.69, 9.17) is 0 Å². The van der Waals surface area contributed by atoms with Crippen LogP contribution in [-0.4, -0.2) is 67.8 Å². The molecule has 2 aliphatic heterocycles. The first kappa shape index (κ1) is 22.9. The number of benzene rings is 1. The van der Waals surface area contributed by atoms with Crippen LogP contribution in [-0.2, 0) is 10.0 Å². The standard InChI is InChI=1S/C23H32N4O4S/c28-22-17-20(23(29)24-10-7-13-26-11-5-6-12-26)19-16-18(8-9-21(19)25-22)32(30,31)27-14-3-1-2-4-15-27/h8-9,16-17H,1-7,10-15H2,(H,24,29)(H,25,28). The summed E-state index contributed by atoms with van der Waals surface area (Å²) in [6, 6.07) is 5.85. The number of amides is 1. The van der Waals surface area contributed by atoms with Crippen molar-refractivity contribution in [2.45, 2.75) is 49.8 Å². The number of hydrogen-bond acceptors (Lipinski definition) is 5. The average molecular weight is 461 g/mol.